The van der Waals surface area contributed by atoms with Crippen LogP contribution in [0.4, 0.5) is 0 Å². The minimum atomic E-state index is -0.0686. The fourth-order valence-corrected chi connectivity index (χ4v) is 2.70. The maximum Gasteiger partial charge on any atom is 0.267 e. The molecule has 0 bridgehead atoms. The van der Waals surface area contributed by atoms with Gasteiger partial charge < -0.3 is 0 Å². The van der Waals surface area contributed by atoms with Crippen LogP contribution >= 0.6 is 27.3 Å². The topological polar surface area (TPSA) is 34.9 Å². The molecule has 2 rings (SSSR count). The van der Waals surface area contributed by atoms with Gasteiger partial charge in [0.1, 0.15) is 0 Å². The molecule has 2 heterocycles. The molecule has 0 N–H and O–H groups in total. The lowest BCUT2D eigenvalue weighted by Crippen LogP contribution is -2.22. The van der Waals surface area contributed by atoms with Crippen molar-refractivity contribution in [3.63, 3.8) is 0 Å². The Bertz CT molecular complexity index is 532. The van der Waals surface area contributed by atoms with Crippen molar-refractivity contribution in [2.45, 2.75) is 13.5 Å². The van der Waals surface area contributed by atoms with E-state index in [-0.39, 0.29) is 5.56 Å². The molecule has 15 heavy (non-hydrogen) atoms. The Kier molecular flexibility index (Phi) is 3.02. The van der Waals surface area contributed by atoms with E-state index in [1.54, 1.807) is 23.5 Å². The molecule has 5 heteroatoms. The second-order valence-electron chi connectivity index (χ2n) is 3.16. The summed E-state index contributed by atoms with van der Waals surface area (Å²) in [6, 6.07) is 5.24. The Balaban J connectivity index is 2.36. The molecule has 0 aliphatic heterocycles. The van der Waals surface area contributed by atoms with Crippen molar-refractivity contribution in [2.24, 2.45) is 0 Å². The van der Waals surface area contributed by atoms with E-state index in [9.17, 15) is 4.79 Å². The van der Waals surface area contributed by atoms with Crippen LogP contribution in [0.25, 0.3) is 0 Å². The van der Waals surface area contributed by atoms with E-state index in [1.165, 1.54) is 4.68 Å². The minimum Gasteiger partial charge on any atom is -0.268 e. The fourth-order valence-electron chi connectivity index (χ4n) is 1.24. The lowest BCUT2D eigenvalue weighted by Gasteiger charge is -2.03. The quantitative estimate of drug-likeness (QED) is 0.849. The average Bonchev–Trinajstić information content (AvgIpc) is 2.58. The van der Waals surface area contributed by atoms with Crippen LogP contribution in [-0.2, 0) is 6.54 Å². The largest absolute Gasteiger partial charge is 0.268 e. The lowest BCUT2D eigenvalue weighted by atomic mass is 10.4. The van der Waals surface area contributed by atoms with Gasteiger partial charge in [0.15, 0.2) is 0 Å². The summed E-state index contributed by atoms with van der Waals surface area (Å²) in [6.07, 6.45) is 0. The third-order valence-corrected chi connectivity index (χ3v) is 3.90. The first-order valence-electron chi connectivity index (χ1n) is 4.43. The summed E-state index contributed by atoms with van der Waals surface area (Å²) in [5.41, 5.74) is 0.781. The van der Waals surface area contributed by atoms with E-state index in [0.29, 0.717) is 6.54 Å². The van der Waals surface area contributed by atoms with Crippen LogP contribution in [0.5, 0.6) is 0 Å². The second kappa shape index (κ2) is 4.28. The number of aryl methyl sites for hydroxylation is 1. The molecule has 0 fully saturated rings. The van der Waals surface area contributed by atoms with Crippen LogP contribution in [0, 0.1) is 6.92 Å². The Morgan fingerprint density at radius 3 is 2.93 bits per heavy atom. The van der Waals surface area contributed by atoms with Crippen molar-refractivity contribution in [3.05, 3.63) is 49.0 Å². The minimum absolute atomic E-state index is 0.0686. The van der Waals surface area contributed by atoms with Crippen LogP contribution in [0.3, 0.4) is 0 Å². The normalized spacial score (nSPS) is 10.5. The summed E-state index contributed by atoms with van der Waals surface area (Å²) in [6.45, 7) is 2.40. The first-order valence-corrected chi connectivity index (χ1v) is 6.11. The number of rotatable bonds is 2. The van der Waals surface area contributed by atoms with Gasteiger partial charge in [0.2, 0.25) is 0 Å². The van der Waals surface area contributed by atoms with Crippen LogP contribution in [0.1, 0.15) is 10.6 Å². The molecule has 0 aliphatic carbocycles. The van der Waals surface area contributed by atoms with Crippen molar-refractivity contribution in [1.82, 2.24) is 9.78 Å². The molecule has 0 aliphatic rings. The van der Waals surface area contributed by atoms with Gasteiger partial charge in [-0.25, -0.2) is 4.68 Å². The first-order chi connectivity index (χ1) is 7.16. The smallest absolute Gasteiger partial charge is 0.267 e. The summed E-state index contributed by atoms with van der Waals surface area (Å²) >= 11 is 5.05. The Labute approximate surface area is 99.5 Å². The van der Waals surface area contributed by atoms with E-state index in [1.807, 2.05) is 18.4 Å². The Hall–Kier alpha value is -0.940. The Morgan fingerprint density at radius 1 is 1.47 bits per heavy atom. The van der Waals surface area contributed by atoms with Gasteiger partial charge in [-0.1, -0.05) is 0 Å². The molecule has 0 unspecified atom stereocenters. The summed E-state index contributed by atoms with van der Waals surface area (Å²) in [5, 5.41) is 6.17. The van der Waals surface area contributed by atoms with Gasteiger partial charge in [-0.15, -0.1) is 11.3 Å². The zero-order valence-corrected chi connectivity index (χ0v) is 10.5. The summed E-state index contributed by atoms with van der Waals surface area (Å²) in [4.78, 5) is 12.6. The average molecular weight is 285 g/mol. The van der Waals surface area contributed by atoms with Crippen molar-refractivity contribution >= 4 is 27.3 Å². The molecule has 0 radical (unpaired) electrons. The molecule has 2 aromatic rings. The number of aromatic nitrogens is 2. The maximum absolute atomic E-state index is 11.5. The van der Waals surface area contributed by atoms with E-state index >= 15 is 0 Å². The molecule has 0 saturated carbocycles. The lowest BCUT2D eigenvalue weighted by molar-refractivity contribution is 0.633. The standard InChI is InChI=1S/C10H9BrN2OS/c1-7-2-3-10(14)13(12-7)6-9-8(11)4-5-15-9/h2-5H,6H2,1H3. The molecule has 0 atom stereocenters. The van der Waals surface area contributed by atoms with E-state index in [2.05, 4.69) is 21.0 Å². The highest BCUT2D eigenvalue weighted by Gasteiger charge is 2.04. The van der Waals surface area contributed by atoms with Gasteiger partial charge >= 0.3 is 0 Å². The number of thiophene rings is 1. The zero-order valence-electron chi connectivity index (χ0n) is 8.11. The Morgan fingerprint density at radius 2 is 2.27 bits per heavy atom. The highest BCUT2D eigenvalue weighted by Crippen LogP contribution is 2.22. The predicted octanol–water partition coefficient (Wildman–Crippen LogP) is 2.42. The summed E-state index contributed by atoms with van der Waals surface area (Å²) in [5.74, 6) is 0. The van der Waals surface area contributed by atoms with E-state index in [0.717, 1.165) is 15.0 Å². The van der Waals surface area contributed by atoms with Crippen LogP contribution < -0.4 is 5.56 Å². The van der Waals surface area contributed by atoms with Gasteiger partial charge in [-0.05, 0) is 40.4 Å². The van der Waals surface area contributed by atoms with Crippen molar-refractivity contribution in [3.8, 4) is 0 Å². The SMILES string of the molecule is Cc1ccc(=O)n(Cc2sccc2Br)n1. The van der Waals surface area contributed by atoms with Gasteiger partial charge in [0.25, 0.3) is 5.56 Å². The second-order valence-corrected chi connectivity index (χ2v) is 5.02. The molecule has 0 amide bonds. The highest BCUT2D eigenvalue weighted by atomic mass is 79.9. The van der Waals surface area contributed by atoms with Crippen molar-refractivity contribution in [2.75, 3.05) is 0 Å². The maximum atomic E-state index is 11.5. The first kappa shape index (κ1) is 10.6. The van der Waals surface area contributed by atoms with Gasteiger partial charge in [-0.3, -0.25) is 4.79 Å². The molecule has 0 aromatic carbocycles. The predicted molar refractivity (Wildman–Crippen MR) is 64.4 cm³/mol. The molecular weight excluding hydrogens is 276 g/mol. The van der Waals surface area contributed by atoms with Crippen LogP contribution in [-0.4, -0.2) is 9.78 Å². The summed E-state index contributed by atoms with van der Waals surface area (Å²) in [7, 11) is 0. The van der Waals surface area contributed by atoms with Gasteiger partial charge in [0, 0.05) is 15.4 Å². The molecule has 2 aromatic heterocycles. The number of nitrogens with zero attached hydrogens (tertiary/aromatic N) is 2. The van der Waals surface area contributed by atoms with Crippen molar-refractivity contribution < 1.29 is 0 Å². The molecule has 78 valence electrons. The van der Waals surface area contributed by atoms with Crippen LogP contribution in [0.15, 0.2) is 32.8 Å². The highest BCUT2D eigenvalue weighted by molar-refractivity contribution is 9.10. The van der Waals surface area contributed by atoms with Gasteiger partial charge in [-0.2, -0.15) is 5.10 Å². The third kappa shape index (κ3) is 2.35. The molecule has 0 saturated heterocycles. The molecular formula is C10H9BrN2OS. The van der Waals surface area contributed by atoms with Crippen molar-refractivity contribution in [1.29, 1.82) is 0 Å². The third-order valence-electron chi connectivity index (χ3n) is 1.98. The number of hydrogen-bond donors (Lipinski definition) is 0. The monoisotopic (exact) mass is 284 g/mol. The van der Waals surface area contributed by atoms with E-state index in [4.69, 9.17) is 0 Å². The number of halogens is 1. The van der Waals surface area contributed by atoms with Crippen LogP contribution in [0.2, 0.25) is 0 Å². The zero-order chi connectivity index (χ0) is 10.8. The van der Waals surface area contributed by atoms with Gasteiger partial charge in [0.05, 0.1) is 12.2 Å². The van der Waals surface area contributed by atoms with E-state index < -0.39 is 0 Å². The number of hydrogen-bond acceptors (Lipinski definition) is 3. The molecule has 3 nitrogen and oxygen atoms in total. The molecule has 0 spiro atoms. The summed E-state index contributed by atoms with van der Waals surface area (Å²) < 4.78 is 2.51. The fraction of sp³-hybridized carbons (Fsp3) is 0.200.